The van der Waals surface area contributed by atoms with Crippen LogP contribution in [0, 0.1) is 0 Å². The quantitative estimate of drug-likeness (QED) is 0.194. The van der Waals surface area contributed by atoms with Crippen LogP contribution >= 0.6 is 0 Å². The average Bonchev–Trinajstić information content (AvgIpc) is 3.99. The summed E-state index contributed by atoms with van der Waals surface area (Å²) < 4.78 is 69.5. The van der Waals surface area contributed by atoms with Crippen molar-refractivity contribution in [2.24, 2.45) is 0 Å². The molecule has 60 heavy (non-hydrogen) atoms. The number of hydrogen-bond acceptors (Lipinski definition) is 8. The van der Waals surface area contributed by atoms with Crippen LogP contribution in [-0.2, 0) is 19.1 Å². The van der Waals surface area contributed by atoms with Gasteiger partial charge in [0.1, 0.15) is 34.9 Å². The van der Waals surface area contributed by atoms with Gasteiger partial charge in [-0.2, -0.15) is 0 Å². The number of aromatic nitrogens is 4. The molecule has 2 aromatic carbocycles. The molecule has 8 rings (SSSR count). The van der Waals surface area contributed by atoms with Gasteiger partial charge in [0, 0.05) is 25.9 Å². The summed E-state index contributed by atoms with van der Waals surface area (Å²) in [5.74, 6) is -6.57. The van der Waals surface area contributed by atoms with Gasteiger partial charge in [-0.25, -0.2) is 37.1 Å². The summed E-state index contributed by atoms with van der Waals surface area (Å²) in [5.41, 5.74) is 2.51. The van der Waals surface area contributed by atoms with Gasteiger partial charge >= 0.3 is 12.2 Å². The van der Waals surface area contributed by atoms with Crippen molar-refractivity contribution in [1.29, 1.82) is 0 Å². The number of imidazole rings is 2. The maximum absolute atomic E-state index is 14.7. The molecule has 4 aliphatic heterocycles. The lowest BCUT2D eigenvalue weighted by atomic mass is 10.0. The Morgan fingerprint density at radius 2 is 1.02 bits per heavy atom. The number of benzene rings is 2. The third-order valence-corrected chi connectivity index (χ3v) is 11.4. The van der Waals surface area contributed by atoms with E-state index in [2.05, 4.69) is 9.97 Å². The van der Waals surface area contributed by atoms with Crippen molar-refractivity contribution in [2.45, 2.75) is 127 Å². The van der Waals surface area contributed by atoms with Crippen molar-refractivity contribution in [1.82, 2.24) is 39.5 Å². The van der Waals surface area contributed by atoms with Gasteiger partial charge in [0.15, 0.2) is 0 Å². The van der Waals surface area contributed by atoms with Gasteiger partial charge in [0.05, 0.1) is 47.2 Å². The summed E-state index contributed by atoms with van der Waals surface area (Å²) in [6, 6.07) is 7.65. The smallest absolute Gasteiger partial charge is 0.411 e. The molecule has 0 saturated carbocycles. The van der Waals surface area contributed by atoms with Crippen LogP contribution in [-0.4, -0.2) is 125 Å². The second-order valence-electron chi connectivity index (χ2n) is 18.5. The maximum Gasteiger partial charge on any atom is 0.411 e. The van der Waals surface area contributed by atoms with Gasteiger partial charge < -0.3 is 29.2 Å². The van der Waals surface area contributed by atoms with Crippen molar-refractivity contribution in [2.75, 3.05) is 26.2 Å². The number of carbonyl (C=O) groups is 4. The number of hydrogen-bond donors (Lipinski definition) is 2. The van der Waals surface area contributed by atoms with Crippen LogP contribution in [0.15, 0.2) is 36.4 Å². The molecule has 0 bridgehead atoms. The van der Waals surface area contributed by atoms with E-state index in [1.54, 1.807) is 41.5 Å². The summed E-state index contributed by atoms with van der Waals surface area (Å²) in [7, 11) is 0. The Morgan fingerprint density at radius 1 is 0.633 bits per heavy atom. The molecule has 6 heterocycles. The highest BCUT2D eigenvalue weighted by atomic mass is 19.3. The molecular weight excluding hydrogens is 789 g/mol. The minimum Gasteiger partial charge on any atom is -0.444 e. The van der Waals surface area contributed by atoms with Crippen molar-refractivity contribution < 1.29 is 46.2 Å². The Morgan fingerprint density at radius 3 is 1.38 bits per heavy atom. The number of H-pyrrole nitrogens is 2. The Labute approximate surface area is 343 Å². The van der Waals surface area contributed by atoms with Crippen LogP contribution in [0.2, 0.25) is 0 Å². The van der Waals surface area contributed by atoms with Gasteiger partial charge in [-0.3, -0.25) is 19.4 Å². The third-order valence-electron chi connectivity index (χ3n) is 11.4. The zero-order chi connectivity index (χ0) is 43.1. The summed E-state index contributed by atoms with van der Waals surface area (Å²) in [5, 5.41) is 0. The molecule has 0 radical (unpaired) electrons. The normalized spacial score (nSPS) is 24.2. The predicted octanol–water partition coefficient (Wildman–Crippen LogP) is 7.72. The molecule has 2 N–H and O–H groups in total. The van der Waals surface area contributed by atoms with Crippen molar-refractivity contribution in [3.8, 4) is 11.1 Å². The first kappa shape index (κ1) is 41.3. The Kier molecular flexibility index (Phi) is 10.1. The standard InChI is InChI=1S/C42H50F4N8O6/c1-39(2,3)59-37(57)53-21-41(43,44)19-31(53)35(55)51-15-7-9-29(51)33-47-25-13-11-23(17-27(25)49-33)24-12-14-26-28(18-24)50-34(48-26)30-10-8-16-52(30)36(56)32-20-42(45,46)22-54(32)38(58)60-40(4,5)6/h11-14,17-18,29-32H,7-10,15-16,19-22H2,1-6H3,(H,47,49)(H,48,50)/t29-,30-,31-,32-/m0/s1. The van der Waals surface area contributed by atoms with E-state index in [4.69, 9.17) is 19.4 Å². The van der Waals surface area contributed by atoms with Crippen LogP contribution in [0.1, 0.15) is 104 Å². The second kappa shape index (κ2) is 14.6. The molecule has 4 atom stereocenters. The predicted molar refractivity (Wildman–Crippen MR) is 211 cm³/mol. The van der Waals surface area contributed by atoms with E-state index in [0.29, 0.717) is 61.5 Å². The molecule has 322 valence electrons. The highest BCUT2D eigenvalue weighted by molar-refractivity contribution is 5.89. The minimum atomic E-state index is -3.23. The minimum absolute atomic E-state index is 0.329. The molecule has 14 nitrogen and oxygen atoms in total. The van der Waals surface area contributed by atoms with Crippen molar-refractivity contribution >= 4 is 46.1 Å². The van der Waals surface area contributed by atoms with Crippen LogP contribution in [0.25, 0.3) is 33.2 Å². The number of carbonyl (C=O) groups excluding carboxylic acids is 4. The van der Waals surface area contributed by atoms with E-state index < -0.39 is 97.1 Å². The maximum atomic E-state index is 14.7. The highest BCUT2D eigenvalue weighted by Crippen LogP contribution is 2.41. The lowest BCUT2D eigenvalue weighted by molar-refractivity contribution is -0.137. The zero-order valence-corrected chi connectivity index (χ0v) is 34.5. The molecule has 0 spiro atoms. The fourth-order valence-electron chi connectivity index (χ4n) is 8.84. The molecule has 4 aliphatic rings. The number of halogens is 4. The highest BCUT2D eigenvalue weighted by Gasteiger charge is 2.54. The second-order valence-corrected chi connectivity index (χ2v) is 18.5. The molecule has 4 aromatic rings. The van der Waals surface area contributed by atoms with E-state index in [1.165, 1.54) is 9.80 Å². The van der Waals surface area contributed by atoms with Gasteiger partial charge in [-0.1, -0.05) is 12.1 Å². The Bertz CT molecular complexity index is 2190. The Hall–Kier alpha value is -5.42. The average molecular weight is 839 g/mol. The van der Waals surface area contributed by atoms with Crippen LogP contribution < -0.4 is 0 Å². The number of amides is 4. The lowest BCUT2D eigenvalue weighted by Crippen LogP contribution is -2.49. The summed E-state index contributed by atoms with van der Waals surface area (Å²) in [4.78, 5) is 74.7. The van der Waals surface area contributed by atoms with Gasteiger partial charge in [-0.15, -0.1) is 0 Å². The molecule has 18 heteroatoms. The molecule has 4 amide bonds. The molecule has 4 fully saturated rings. The molecule has 4 saturated heterocycles. The summed E-state index contributed by atoms with van der Waals surface area (Å²) in [6.07, 6.45) is -1.09. The first-order chi connectivity index (χ1) is 28.0. The lowest BCUT2D eigenvalue weighted by Gasteiger charge is -2.31. The number of ether oxygens (including phenoxy) is 2. The number of fused-ring (bicyclic) bond motifs is 2. The monoisotopic (exact) mass is 838 g/mol. The fourth-order valence-corrected chi connectivity index (χ4v) is 8.84. The van der Waals surface area contributed by atoms with Crippen LogP contribution in [0.4, 0.5) is 27.2 Å². The fraction of sp³-hybridized carbons (Fsp3) is 0.571. The number of alkyl halides is 4. The zero-order valence-electron chi connectivity index (χ0n) is 34.5. The Balaban J connectivity index is 0.995. The van der Waals surface area contributed by atoms with Crippen molar-refractivity contribution in [3.05, 3.63) is 48.0 Å². The SMILES string of the molecule is CC(C)(C)OC(=O)N1CC(F)(F)C[C@H]1C(=O)N1CCC[C@H]1c1nc2cc(-c3ccc4[nH]c([C@@H]5CCCN5C(=O)[C@@H]5CC(F)(F)CN5C(=O)OC(C)(C)C)nc4c3)ccc2[nH]1. The van der Waals surface area contributed by atoms with E-state index in [-0.39, 0.29) is 0 Å². The first-order valence-corrected chi connectivity index (χ1v) is 20.4. The molecule has 0 unspecified atom stereocenters. The first-order valence-electron chi connectivity index (χ1n) is 20.4. The topological polar surface area (TPSA) is 157 Å². The molecule has 0 aliphatic carbocycles. The van der Waals surface area contributed by atoms with Gasteiger partial charge in [0.25, 0.3) is 11.8 Å². The van der Waals surface area contributed by atoms with Crippen LogP contribution in [0.3, 0.4) is 0 Å². The summed E-state index contributed by atoms with van der Waals surface area (Å²) in [6.45, 7) is 8.69. The third kappa shape index (κ3) is 8.20. The molecular formula is C42H50F4N8O6. The van der Waals surface area contributed by atoms with E-state index in [1.807, 2.05) is 36.4 Å². The number of rotatable bonds is 5. The number of likely N-dealkylation sites (tertiary alicyclic amines) is 4. The molecule has 2 aromatic heterocycles. The van der Waals surface area contributed by atoms with Crippen molar-refractivity contribution in [3.63, 3.8) is 0 Å². The van der Waals surface area contributed by atoms with Gasteiger partial charge in [0.2, 0.25) is 11.8 Å². The van der Waals surface area contributed by atoms with Crippen LogP contribution in [0.5, 0.6) is 0 Å². The number of nitrogens with zero attached hydrogens (tertiary/aromatic N) is 6. The number of aromatic amines is 2. The largest absolute Gasteiger partial charge is 0.444 e. The van der Waals surface area contributed by atoms with E-state index >= 15 is 0 Å². The van der Waals surface area contributed by atoms with E-state index in [9.17, 15) is 36.7 Å². The number of nitrogens with one attached hydrogen (secondary N) is 2. The van der Waals surface area contributed by atoms with E-state index in [0.717, 1.165) is 32.0 Å². The summed E-state index contributed by atoms with van der Waals surface area (Å²) >= 11 is 0. The van der Waals surface area contributed by atoms with Gasteiger partial charge in [-0.05, 0) is 103 Å².